The normalized spacial score (nSPS) is 20.2. The van der Waals surface area contributed by atoms with E-state index in [4.69, 9.17) is 9.47 Å². The first-order valence-corrected chi connectivity index (χ1v) is 9.75. The summed E-state index contributed by atoms with van der Waals surface area (Å²) in [4.78, 5) is 24.6. The van der Waals surface area contributed by atoms with Gasteiger partial charge in [-0.05, 0) is 63.1 Å². The van der Waals surface area contributed by atoms with Crippen LogP contribution in [-0.4, -0.2) is 35.7 Å². The Morgan fingerprint density at radius 3 is 2.31 bits per heavy atom. The third-order valence-electron chi connectivity index (χ3n) is 5.22. The lowest BCUT2D eigenvalue weighted by atomic mass is 9.87. The van der Waals surface area contributed by atoms with E-state index in [2.05, 4.69) is 0 Å². The average Bonchev–Trinajstić information content (AvgIpc) is 3.49. The van der Waals surface area contributed by atoms with Gasteiger partial charge < -0.3 is 14.6 Å². The van der Waals surface area contributed by atoms with Crippen molar-refractivity contribution in [2.75, 3.05) is 6.61 Å². The van der Waals surface area contributed by atoms with Crippen LogP contribution in [0.2, 0.25) is 0 Å². The quantitative estimate of drug-likeness (QED) is 0.720. The molecule has 0 bridgehead atoms. The van der Waals surface area contributed by atoms with Gasteiger partial charge in [-0.1, -0.05) is 18.6 Å². The lowest BCUT2D eigenvalue weighted by Crippen LogP contribution is -2.35. The summed E-state index contributed by atoms with van der Waals surface area (Å²) < 4.78 is 10.9. The third kappa shape index (κ3) is 4.64. The molecule has 0 radical (unpaired) electrons. The van der Waals surface area contributed by atoms with Gasteiger partial charge >= 0.3 is 5.97 Å². The van der Waals surface area contributed by atoms with E-state index in [9.17, 15) is 14.7 Å². The van der Waals surface area contributed by atoms with Crippen LogP contribution in [0.5, 0.6) is 5.75 Å². The molecule has 5 heteroatoms. The summed E-state index contributed by atoms with van der Waals surface area (Å²) in [5.41, 5.74) is 0.637. The average molecular weight is 360 g/mol. The van der Waals surface area contributed by atoms with Gasteiger partial charge in [0.05, 0.1) is 18.6 Å². The zero-order valence-electron chi connectivity index (χ0n) is 15.4. The number of hydrogen-bond acceptors (Lipinski definition) is 5. The van der Waals surface area contributed by atoms with Crippen molar-refractivity contribution in [2.45, 2.75) is 70.0 Å². The Hall–Kier alpha value is -1.88. The number of carbonyl (C=O) groups is 2. The highest BCUT2D eigenvalue weighted by Gasteiger charge is 2.41. The Morgan fingerprint density at radius 1 is 1.08 bits per heavy atom. The first-order valence-electron chi connectivity index (χ1n) is 9.75. The highest BCUT2D eigenvalue weighted by atomic mass is 16.5. The Kier molecular flexibility index (Phi) is 6.30. The minimum absolute atomic E-state index is 0.0535. The summed E-state index contributed by atoms with van der Waals surface area (Å²) in [7, 11) is 0. The molecule has 142 valence electrons. The van der Waals surface area contributed by atoms with Crippen molar-refractivity contribution >= 4 is 11.8 Å². The van der Waals surface area contributed by atoms with E-state index in [-0.39, 0.29) is 24.4 Å². The molecule has 2 atom stereocenters. The molecule has 1 aromatic rings. The van der Waals surface area contributed by atoms with E-state index < -0.39 is 18.0 Å². The van der Waals surface area contributed by atoms with Crippen LogP contribution in [-0.2, 0) is 14.3 Å². The largest absolute Gasteiger partial charge is 0.490 e. The number of Topliss-reactive ketones (excluding diaryl/α,β-unsaturated/α-hetero) is 1. The van der Waals surface area contributed by atoms with E-state index in [0.29, 0.717) is 5.56 Å². The highest BCUT2D eigenvalue weighted by Crippen LogP contribution is 2.37. The molecular weight excluding hydrogens is 332 g/mol. The van der Waals surface area contributed by atoms with Gasteiger partial charge in [0.15, 0.2) is 6.10 Å². The van der Waals surface area contributed by atoms with E-state index in [1.54, 1.807) is 19.1 Å². The molecule has 5 nitrogen and oxygen atoms in total. The van der Waals surface area contributed by atoms with Gasteiger partial charge in [-0.25, -0.2) is 4.79 Å². The molecule has 0 spiro atoms. The number of aliphatic hydroxyl groups is 1. The maximum Gasteiger partial charge on any atom is 0.336 e. The van der Waals surface area contributed by atoms with E-state index in [1.807, 2.05) is 12.1 Å². The maximum absolute atomic E-state index is 12.7. The number of carbonyl (C=O) groups excluding carboxylic acids is 2. The molecule has 2 unspecified atom stereocenters. The first-order chi connectivity index (χ1) is 12.6. The van der Waals surface area contributed by atoms with E-state index in [1.165, 1.54) is 19.3 Å². The molecule has 0 aromatic heterocycles. The summed E-state index contributed by atoms with van der Waals surface area (Å²) in [5, 5.41) is 10.4. The molecule has 2 fully saturated rings. The Morgan fingerprint density at radius 2 is 1.73 bits per heavy atom. The van der Waals surface area contributed by atoms with Gasteiger partial charge in [0.25, 0.3) is 0 Å². The Labute approximate surface area is 154 Å². The van der Waals surface area contributed by atoms with Crippen molar-refractivity contribution in [3.63, 3.8) is 0 Å². The topological polar surface area (TPSA) is 72.8 Å². The number of esters is 1. The maximum atomic E-state index is 12.7. The van der Waals surface area contributed by atoms with Gasteiger partial charge in [-0.2, -0.15) is 0 Å². The molecule has 0 amide bonds. The van der Waals surface area contributed by atoms with Crippen LogP contribution in [0.25, 0.3) is 0 Å². The van der Waals surface area contributed by atoms with Gasteiger partial charge in [-0.3, -0.25) is 4.79 Å². The smallest absolute Gasteiger partial charge is 0.336 e. The lowest BCUT2D eigenvalue weighted by molar-refractivity contribution is -0.156. The first kappa shape index (κ1) is 18.9. The molecule has 2 aliphatic rings. The second-order valence-electron chi connectivity index (χ2n) is 7.30. The fraction of sp³-hybridized carbons (Fsp3) is 0.619. The summed E-state index contributed by atoms with van der Waals surface area (Å²) in [6.45, 7) is 1.86. The Balaban J connectivity index is 1.73. The summed E-state index contributed by atoms with van der Waals surface area (Å²) >= 11 is 0. The number of aliphatic hydroxyl groups excluding tert-OH is 1. The van der Waals surface area contributed by atoms with E-state index >= 15 is 0 Å². The van der Waals surface area contributed by atoms with Crippen LogP contribution < -0.4 is 4.74 Å². The summed E-state index contributed by atoms with van der Waals surface area (Å²) in [6.07, 6.45) is 6.27. The van der Waals surface area contributed by atoms with Crippen LogP contribution >= 0.6 is 0 Å². The summed E-state index contributed by atoms with van der Waals surface area (Å²) in [6, 6.07) is 7.22. The van der Waals surface area contributed by atoms with Gasteiger partial charge in [0.1, 0.15) is 11.5 Å². The molecule has 1 N–H and O–H groups in total. The second kappa shape index (κ2) is 8.67. The molecule has 3 rings (SSSR count). The fourth-order valence-corrected chi connectivity index (χ4v) is 3.62. The van der Waals surface area contributed by atoms with Crippen molar-refractivity contribution in [1.29, 1.82) is 0 Å². The van der Waals surface area contributed by atoms with Crippen molar-refractivity contribution in [3.05, 3.63) is 29.8 Å². The number of ether oxygens (including phenoxy) is 2. The highest BCUT2D eigenvalue weighted by molar-refractivity contribution is 5.94. The standard InChI is InChI=1S/C21H28O5/c1-2-25-21(24)20(23)18(19(22)15-8-9-15)14-10-12-17(13-11-14)26-16-6-4-3-5-7-16/h10-13,15-16,18,20,23H,2-9H2,1H3. The monoisotopic (exact) mass is 360 g/mol. The van der Waals surface area contributed by atoms with Crippen molar-refractivity contribution in [3.8, 4) is 5.75 Å². The predicted octanol–water partition coefficient (Wildman–Crippen LogP) is 3.38. The number of rotatable bonds is 8. The van der Waals surface area contributed by atoms with Crippen molar-refractivity contribution in [1.82, 2.24) is 0 Å². The molecule has 0 saturated heterocycles. The minimum atomic E-state index is -1.46. The van der Waals surface area contributed by atoms with E-state index in [0.717, 1.165) is 31.4 Å². The Bertz CT molecular complexity index is 614. The van der Waals surface area contributed by atoms with Crippen molar-refractivity contribution < 1.29 is 24.2 Å². The van der Waals surface area contributed by atoms with Crippen LogP contribution in [0, 0.1) is 5.92 Å². The molecule has 26 heavy (non-hydrogen) atoms. The third-order valence-corrected chi connectivity index (χ3v) is 5.22. The molecule has 0 heterocycles. The zero-order chi connectivity index (χ0) is 18.5. The molecule has 1 aromatic carbocycles. The number of hydrogen-bond donors (Lipinski definition) is 1. The zero-order valence-corrected chi connectivity index (χ0v) is 15.4. The predicted molar refractivity (Wildman–Crippen MR) is 97.1 cm³/mol. The SMILES string of the molecule is CCOC(=O)C(O)C(C(=O)C1CC1)c1ccc(OC2CCCCC2)cc1. The minimum Gasteiger partial charge on any atom is -0.490 e. The second-order valence-corrected chi connectivity index (χ2v) is 7.30. The molecule has 0 aliphatic heterocycles. The molecule has 2 saturated carbocycles. The number of benzene rings is 1. The molecular formula is C21H28O5. The summed E-state index contributed by atoms with van der Waals surface area (Å²) in [5.74, 6) is -0.975. The van der Waals surface area contributed by atoms with Crippen LogP contribution in [0.1, 0.15) is 63.4 Å². The number of ketones is 1. The van der Waals surface area contributed by atoms with Crippen LogP contribution in [0.15, 0.2) is 24.3 Å². The molecule has 2 aliphatic carbocycles. The lowest BCUT2D eigenvalue weighted by Gasteiger charge is -2.24. The van der Waals surface area contributed by atoms with Crippen LogP contribution in [0.4, 0.5) is 0 Å². The fourth-order valence-electron chi connectivity index (χ4n) is 3.62. The van der Waals surface area contributed by atoms with Gasteiger partial charge in [0.2, 0.25) is 0 Å². The van der Waals surface area contributed by atoms with Gasteiger partial charge in [0, 0.05) is 5.92 Å². The van der Waals surface area contributed by atoms with Crippen molar-refractivity contribution in [2.24, 2.45) is 5.92 Å². The van der Waals surface area contributed by atoms with Crippen LogP contribution in [0.3, 0.4) is 0 Å². The van der Waals surface area contributed by atoms with Gasteiger partial charge in [-0.15, -0.1) is 0 Å².